The van der Waals surface area contributed by atoms with Gasteiger partial charge in [0.25, 0.3) is 0 Å². The summed E-state index contributed by atoms with van der Waals surface area (Å²) >= 11 is 1.30. The van der Waals surface area contributed by atoms with Crippen LogP contribution in [0.4, 0.5) is 18.7 Å². The Hall–Kier alpha value is -2.42. The van der Waals surface area contributed by atoms with Crippen LogP contribution in [0.15, 0.2) is 29.8 Å². The van der Waals surface area contributed by atoms with Gasteiger partial charge in [-0.05, 0) is 24.6 Å². The van der Waals surface area contributed by atoms with Crippen LogP contribution in [-0.2, 0) is 6.54 Å². The molecule has 2 rings (SSSR count). The van der Waals surface area contributed by atoms with Crippen molar-refractivity contribution < 1.29 is 23.0 Å². The number of halogens is 2. The molecule has 0 spiro atoms. The second-order valence-corrected chi connectivity index (χ2v) is 5.13. The number of nitrogens with one attached hydrogen (secondary N) is 2. The van der Waals surface area contributed by atoms with E-state index < -0.39 is 12.6 Å². The number of thiazole rings is 1. The van der Waals surface area contributed by atoms with Crippen LogP contribution in [0, 0.1) is 0 Å². The summed E-state index contributed by atoms with van der Waals surface area (Å²) in [4.78, 5) is 15.6. The maximum Gasteiger partial charge on any atom is 0.387 e. The molecule has 0 bridgehead atoms. The Bertz CT molecular complexity index is 638. The number of urea groups is 1. The molecule has 6 nitrogen and oxygen atoms in total. The molecule has 0 aliphatic carbocycles. The van der Waals surface area contributed by atoms with Crippen LogP contribution in [0.3, 0.4) is 0 Å². The summed E-state index contributed by atoms with van der Waals surface area (Å²) in [6.45, 7) is -0.687. The number of carbonyl (C=O) groups is 1. The van der Waals surface area contributed by atoms with Gasteiger partial charge in [-0.1, -0.05) is 6.07 Å². The predicted molar refractivity (Wildman–Crippen MR) is 82.2 cm³/mol. The van der Waals surface area contributed by atoms with Crippen molar-refractivity contribution in [1.82, 2.24) is 10.3 Å². The van der Waals surface area contributed by atoms with Crippen LogP contribution in [0.5, 0.6) is 11.5 Å². The Morgan fingerprint density at radius 1 is 1.39 bits per heavy atom. The number of nitrogens with zero attached hydrogens (tertiary/aromatic N) is 1. The SMILES string of the molecule is CCOc1cc(CNC(=O)Nc2nccs2)ccc1OC(F)F. The second-order valence-electron chi connectivity index (χ2n) is 4.24. The fourth-order valence-electron chi connectivity index (χ4n) is 1.73. The summed E-state index contributed by atoms with van der Waals surface area (Å²) in [5.41, 5.74) is 0.685. The van der Waals surface area contributed by atoms with Crippen molar-refractivity contribution in [1.29, 1.82) is 0 Å². The normalized spacial score (nSPS) is 10.4. The number of hydrogen-bond donors (Lipinski definition) is 2. The van der Waals surface area contributed by atoms with Gasteiger partial charge in [-0.2, -0.15) is 8.78 Å². The summed E-state index contributed by atoms with van der Waals surface area (Å²) in [6.07, 6.45) is 1.58. The Kier molecular flexibility index (Phi) is 6.10. The van der Waals surface area contributed by atoms with Crippen molar-refractivity contribution >= 4 is 22.5 Å². The summed E-state index contributed by atoms with van der Waals surface area (Å²) in [5, 5.41) is 7.44. The lowest BCUT2D eigenvalue weighted by Crippen LogP contribution is -2.28. The fourth-order valence-corrected chi connectivity index (χ4v) is 2.26. The zero-order valence-corrected chi connectivity index (χ0v) is 13.0. The van der Waals surface area contributed by atoms with Gasteiger partial charge < -0.3 is 14.8 Å². The molecule has 23 heavy (non-hydrogen) atoms. The third kappa shape index (κ3) is 5.37. The van der Waals surface area contributed by atoms with Gasteiger partial charge in [0.15, 0.2) is 16.6 Å². The van der Waals surface area contributed by atoms with E-state index in [9.17, 15) is 13.6 Å². The van der Waals surface area contributed by atoms with Crippen LogP contribution in [0.1, 0.15) is 12.5 Å². The number of carbonyl (C=O) groups excluding carboxylic acids is 1. The average Bonchev–Trinajstić information content (AvgIpc) is 3.00. The zero-order valence-electron chi connectivity index (χ0n) is 12.2. The molecule has 1 heterocycles. The smallest absolute Gasteiger partial charge is 0.387 e. The van der Waals surface area contributed by atoms with E-state index in [2.05, 4.69) is 20.4 Å². The van der Waals surface area contributed by atoms with E-state index in [4.69, 9.17) is 4.74 Å². The van der Waals surface area contributed by atoms with E-state index in [-0.39, 0.29) is 18.0 Å². The molecule has 0 unspecified atom stereocenters. The first-order valence-electron chi connectivity index (χ1n) is 6.73. The third-order valence-corrected chi connectivity index (χ3v) is 3.32. The van der Waals surface area contributed by atoms with Crippen molar-refractivity contribution in [2.24, 2.45) is 0 Å². The fraction of sp³-hybridized carbons (Fsp3) is 0.286. The summed E-state index contributed by atoms with van der Waals surface area (Å²) < 4.78 is 34.3. The molecule has 0 saturated carbocycles. The van der Waals surface area contributed by atoms with Crippen LogP contribution in [0.25, 0.3) is 0 Å². The highest BCUT2D eigenvalue weighted by molar-refractivity contribution is 7.13. The molecule has 9 heteroatoms. The molecule has 0 aliphatic heterocycles. The predicted octanol–water partition coefficient (Wildman–Crippen LogP) is 3.46. The molecule has 2 aromatic rings. The quantitative estimate of drug-likeness (QED) is 0.807. The lowest BCUT2D eigenvalue weighted by atomic mass is 10.2. The number of anilines is 1. The van der Waals surface area contributed by atoms with E-state index in [0.717, 1.165) is 0 Å². The van der Waals surface area contributed by atoms with Crippen LogP contribution in [-0.4, -0.2) is 24.2 Å². The Morgan fingerprint density at radius 3 is 2.87 bits per heavy atom. The lowest BCUT2D eigenvalue weighted by molar-refractivity contribution is -0.0514. The molecule has 2 N–H and O–H groups in total. The minimum Gasteiger partial charge on any atom is -0.490 e. The van der Waals surface area contributed by atoms with E-state index in [1.54, 1.807) is 30.6 Å². The molecule has 2 amide bonds. The van der Waals surface area contributed by atoms with Crippen molar-refractivity contribution in [2.75, 3.05) is 11.9 Å². The highest BCUT2D eigenvalue weighted by atomic mass is 32.1. The molecule has 1 aromatic heterocycles. The Balaban J connectivity index is 1.96. The Morgan fingerprint density at radius 2 is 2.22 bits per heavy atom. The van der Waals surface area contributed by atoms with Crippen molar-refractivity contribution in [3.05, 3.63) is 35.3 Å². The van der Waals surface area contributed by atoms with Crippen molar-refractivity contribution in [3.63, 3.8) is 0 Å². The van der Waals surface area contributed by atoms with E-state index in [1.807, 2.05) is 0 Å². The third-order valence-electron chi connectivity index (χ3n) is 2.63. The number of aromatic nitrogens is 1. The molecule has 124 valence electrons. The second kappa shape index (κ2) is 8.28. The van der Waals surface area contributed by atoms with E-state index in [0.29, 0.717) is 17.3 Å². The van der Waals surface area contributed by atoms with Gasteiger partial charge in [-0.25, -0.2) is 9.78 Å². The molecule has 0 fully saturated rings. The first kappa shape index (κ1) is 16.9. The van der Waals surface area contributed by atoms with Crippen molar-refractivity contribution in [2.45, 2.75) is 20.1 Å². The molecular formula is C14H15F2N3O3S. The van der Waals surface area contributed by atoms with Gasteiger partial charge in [0.2, 0.25) is 0 Å². The number of rotatable bonds is 7. The molecule has 1 aromatic carbocycles. The lowest BCUT2D eigenvalue weighted by Gasteiger charge is -2.13. The molecule has 0 aliphatic rings. The largest absolute Gasteiger partial charge is 0.490 e. The monoisotopic (exact) mass is 343 g/mol. The molecule has 0 radical (unpaired) electrons. The van der Waals surface area contributed by atoms with Gasteiger partial charge in [-0.3, -0.25) is 5.32 Å². The number of ether oxygens (including phenoxy) is 2. The summed E-state index contributed by atoms with van der Waals surface area (Å²) in [7, 11) is 0. The Labute approximate surface area is 135 Å². The zero-order chi connectivity index (χ0) is 16.7. The number of amides is 2. The number of hydrogen-bond acceptors (Lipinski definition) is 5. The highest BCUT2D eigenvalue weighted by Gasteiger charge is 2.12. The van der Waals surface area contributed by atoms with Gasteiger partial charge in [0, 0.05) is 18.1 Å². The van der Waals surface area contributed by atoms with Gasteiger partial charge in [0.05, 0.1) is 6.61 Å². The van der Waals surface area contributed by atoms with Crippen LogP contribution >= 0.6 is 11.3 Å². The minimum atomic E-state index is -2.93. The number of benzene rings is 1. The summed E-state index contributed by atoms with van der Waals surface area (Å²) in [6, 6.07) is 4.09. The van der Waals surface area contributed by atoms with E-state index >= 15 is 0 Å². The van der Waals surface area contributed by atoms with Gasteiger partial charge in [-0.15, -0.1) is 11.3 Å². The first-order chi connectivity index (χ1) is 11.1. The molecule has 0 atom stereocenters. The average molecular weight is 343 g/mol. The number of alkyl halides is 2. The van der Waals surface area contributed by atoms with Gasteiger partial charge in [0.1, 0.15) is 0 Å². The maximum atomic E-state index is 12.3. The van der Waals surface area contributed by atoms with Crippen LogP contribution in [0.2, 0.25) is 0 Å². The van der Waals surface area contributed by atoms with Crippen LogP contribution < -0.4 is 20.1 Å². The minimum absolute atomic E-state index is 0.0437. The topological polar surface area (TPSA) is 72.5 Å². The first-order valence-corrected chi connectivity index (χ1v) is 7.61. The maximum absolute atomic E-state index is 12.3. The van der Waals surface area contributed by atoms with Crippen molar-refractivity contribution in [3.8, 4) is 11.5 Å². The van der Waals surface area contributed by atoms with E-state index in [1.165, 1.54) is 17.4 Å². The molecular weight excluding hydrogens is 328 g/mol. The standard InChI is InChI=1S/C14H15F2N3O3S/c1-2-21-11-7-9(3-4-10(11)22-12(15)16)8-18-13(20)19-14-17-5-6-23-14/h3-7,12H,2,8H2,1H3,(H2,17,18,19,20). The van der Waals surface area contributed by atoms with Gasteiger partial charge >= 0.3 is 12.6 Å². The highest BCUT2D eigenvalue weighted by Crippen LogP contribution is 2.29. The summed E-state index contributed by atoms with van der Waals surface area (Å²) in [5.74, 6) is 0.158. The molecule has 0 saturated heterocycles.